The van der Waals surface area contributed by atoms with Gasteiger partial charge in [0, 0.05) is 6.20 Å². The van der Waals surface area contributed by atoms with E-state index in [9.17, 15) is 29.4 Å². The molecule has 254 valence electrons. The van der Waals surface area contributed by atoms with E-state index in [1.165, 1.54) is 17.2 Å². The summed E-state index contributed by atoms with van der Waals surface area (Å²) in [6.45, 7) is -4.94. The summed E-state index contributed by atoms with van der Waals surface area (Å²) in [6.07, 6.45) is -3.79. The Morgan fingerprint density at radius 2 is 1.98 bits per heavy atom. The lowest BCUT2D eigenvalue weighted by molar-refractivity contribution is -0.135. The Balaban J connectivity index is 1.31. The van der Waals surface area contributed by atoms with Crippen LogP contribution in [0.25, 0.3) is 22.2 Å². The van der Waals surface area contributed by atoms with Crippen molar-refractivity contribution in [3.63, 3.8) is 0 Å². The zero-order chi connectivity index (χ0) is 33.5. The zero-order valence-electron chi connectivity index (χ0n) is 24.0. The van der Waals surface area contributed by atoms with Gasteiger partial charge in [0.1, 0.15) is 47.2 Å². The van der Waals surface area contributed by atoms with Gasteiger partial charge in [0.15, 0.2) is 29.2 Å². The number of nitrogens with two attached hydrogens (primary N) is 1. The van der Waals surface area contributed by atoms with Gasteiger partial charge in [0.25, 0.3) is 5.56 Å². The largest absolute Gasteiger partial charge is 0.474 e. The molecule has 0 aromatic carbocycles. The Morgan fingerprint density at radius 1 is 1.19 bits per heavy atom. The first-order valence-corrected chi connectivity index (χ1v) is 18.0. The van der Waals surface area contributed by atoms with Crippen molar-refractivity contribution in [3.05, 3.63) is 41.3 Å². The highest BCUT2D eigenvalue weighted by molar-refractivity contribution is 8.07. The fourth-order valence-electron chi connectivity index (χ4n) is 6.02. The van der Waals surface area contributed by atoms with Gasteiger partial charge < -0.3 is 44.7 Å². The van der Waals surface area contributed by atoms with E-state index in [0.29, 0.717) is 0 Å². The molecule has 3 fully saturated rings. The molecule has 0 radical (unpaired) electrons. The number of nitrogens with zero attached hydrogens (tertiary/aromatic N) is 6. The molecule has 3 aliphatic rings. The van der Waals surface area contributed by atoms with Crippen LogP contribution in [0.3, 0.4) is 0 Å². The molecule has 3 saturated heterocycles. The lowest BCUT2D eigenvalue weighted by atomic mass is 9.93. The van der Waals surface area contributed by atoms with Gasteiger partial charge in [0.2, 0.25) is 5.72 Å². The van der Waals surface area contributed by atoms with Crippen molar-refractivity contribution in [2.24, 2.45) is 0 Å². The Hall–Kier alpha value is -2.82. The fraction of sp³-hybridized carbons (Fsp3) is 0.522. The molecule has 0 spiro atoms. The van der Waals surface area contributed by atoms with Crippen molar-refractivity contribution in [2.45, 2.75) is 55.3 Å². The number of aromatic amines is 1. The van der Waals surface area contributed by atoms with Crippen molar-refractivity contribution in [3.8, 4) is 0 Å². The lowest BCUT2D eigenvalue weighted by Crippen LogP contribution is -2.49. The molecular weight excluding hydrogens is 693 g/mol. The van der Waals surface area contributed by atoms with E-state index in [4.69, 9.17) is 45.1 Å². The summed E-state index contributed by atoms with van der Waals surface area (Å²) >= 11 is 5.25. The van der Waals surface area contributed by atoms with Crippen LogP contribution in [0.2, 0.25) is 0 Å². The molecule has 2 bridgehead atoms. The van der Waals surface area contributed by atoms with Crippen LogP contribution >= 0.6 is 14.5 Å². The number of aliphatic hydroxyl groups is 2. The van der Waals surface area contributed by atoms with E-state index in [2.05, 4.69) is 24.9 Å². The van der Waals surface area contributed by atoms with Gasteiger partial charge in [-0.3, -0.25) is 27.5 Å². The number of imidazole rings is 1. The number of hydrogen-bond donors (Lipinski definition) is 6. The normalized spacial score (nSPS) is 38.2. The molecule has 7 rings (SSSR count). The highest BCUT2D eigenvalue weighted by Crippen LogP contribution is 2.57. The van der Waals surface area contributed by atoms with E-state index < -0.39 is 93.1 Å². The minimum absolute atomic E-state index is 0.0503. The van der Waals surface area contributed by atoms with Crippen LogP contribution in [0.15, 0.2) is 30.0 Å². The summed E-state index contributed by atoms with van der Waals surface area (Å²) in [7, 11) is -5.32. The molecule has 9 atom stereocenters. The fourth-order valence-corrected chi connectivity index (χ4v) is 8.56. The summed E-state index contributed by atoms with van der Waals surface area (Å²) in [5.41, 5.74) is 0.801. The number of halogens is 1. The van der Waals surface area contributed by atoms with Gasteiger partial charge in [0.05, 0.1) is 32.5 Å². The van der Waals surface area contributed by atoms with Gasteiger partial charge in [-0.05, 0) is 18.2 Å². The Kier molecular flexibility index (Phi) is 7.92. The second-order valence-corrected chi connectivity index (χ2v) is 15.2. The van der Waals surface area contributed by atoms with Crippen molar-refractivity contribution < 1.29 is 56.5 Å². The minimum Gasteiger partial charge on any atom is -0.386 e. The second-order valence-electron chi connectivity index (χ2n) is 11.0. The van der Waals surface area contributed by atoms with E-state index >= 15 is 4.39 Å². The third-order valence-corrected chi connectivity index (χ3v) is 10.9. The number of nitrogens with one attached hydrogen (secondary N) is 1. The summed E-state index contributed by atoms with van der Waals surface area (Å²) < 4.78 is 65.1. The second kappa shape index (κ2) is 11.4. The predicted molar refractivity (Wildman–Crippen MR) is 157 cm³/mol. The number of nitrogen functional groups attached to an aromatic ring is 1. The summed E-state index contributed by atoms with van der Waals surface area (Å²) in [5.74, 6) is -1.03. The summed E-state index contributed by atoms with van der Waals surface area (Å²) in [4.78, 5) is 53.0. The van der Waals surface area contributed by atoms with Gasteiger partial charge in [-0.15, -0.1) is 0 Å². The van der Waals surface area contributed by atoms with E-state index in [1.54, 1.807) is 6.92 Å². The molecule has 2 unspecified atom stereocenters. The van der Waals surface area contributed by atoms with Crippen LogP contribution in [0.4, 0.5) is 10.2 Å². The molecule has 47 heavy (non-hydrogen) atoms. The predicted octanol–water partition coefficient (Wildman–Crippen LogP) is -0.497. The zero-order valence-corrected chi connectivity index (χ0v) is 26.6. The van der Waals surface area contributed by atoms with Crippen LogP contribution in [0.1, 0.15) is 19.6 Å². The molecule has 7 heterocycles. The minimum atomic E-state index is -5.32. The topological polar surface area (TPSA) is 274 Å². The standard InChI is InChI=1S/C23H27FN8O12P2S/c1-2-22-5-41-45(36,37)44-23(32-3-10(24)12-18(32)27-8-29-20(12)35)6-39-11(15(23)34)4-40-46(38,47)43-16(22)14(33)21(42-22)31-9-30-13-17(25)26-7-28-19(13)31/h3,7-9,11,14-16,21,33-34H,2,4-6H2,1H3,(H,36,37)(H,38,47)(H2,25,26,28)(H,27,29,35)/t11-,14-,15-,16+,21-,22-,23-,46?/m1/s1. The van der Waals surface area contributed by atoms with Crippen molar-refractivity contribution in [2.75, 3.05) is 25.6 Å². The van der Waals surface area contributed by atoms with Gasteiger partial charge in [-0.2, -0.15) is 0 Å². The van der Waals surface area contributed by atoms with Gasteiger partial charge in [-0.1, -0.05) is 6.92 Å². The maximum Gasteiger partial charge on any atom is 0.474 e. The molecule has 20 nitrogen and oxygen atoms in total. The van der Waals surface area contributed by atoms with E-state index in [1.807, 2.05) is 0 Å². The summed E-state index contributed by atoms with van der Waals surface area (Å²) in [5, 5.41) is 22.5. The first-order chi connectivity index (χ1) is 22.2. The molecule has 3 aliphatic heterocycles. The molecule has 7 N–H and O–H groups in total. The maximum atomic E-state index is 15.0. The van der Waals surface area contributed by atoms with Crippen molar-refractivity contribution in [1.29, 1.82) is 0 Å². The molecule has 4 aromatic rings. The Morgan fingerprint density at radius 3 is 2.74 bits per heavy atom. The number of ether oxygens (including phenoxy) is 2. The number of hydrogen-bond acceptors (Lipinski definition) is 16. The van der Waals surface area contributed by atoms with E-state index in [-0.39, 0.29) is 29.0 Å². The Labute approximate surface area is 267 Å². The monoisotopic (exact) mass is 720 g/mol. The third kappa shape index (κ3) is 5.24. The van der Waals surface area contributed by atoms with Crippen LogP contribution in [0, 0.1) is 5.82 Å². The first-order valence-electron chi connectivity index (χ1n) is 13.9. The Bertz CT molecular complexity index is 2030. The average molecular weight is 721 g/mol. The molecule has 0 aliphatic carbocycles. The lowest BCUT2D eigenvalue weighted by Gasteiger charge is -2.36. The highest BCUT2D eigenvalue weighted by atomic mass is 32.5. The van der Waals surface area contributed by atoms with Crippen LogP contribution < -0.4 is 11.3 Å². The molecule has 4 aromatic heterocycles. The van der Waals surface area contributed by atoms with Crippen LogP contribution in [-0.4, -0.2) is 104 Å². The SMILES string of the molecule is CC[C@@]12COP(=O)(O)O[C@]3(n4cc(F)c5c(=O)[nH]cnc54)CO[C@H](COP(O)(=S)O[C@H]1[C@@H](O)[C@H](n1cnc4c(N)ncnc41)O2)[C@H]3O. The van der Waals surface area contributed by atoms with Crippen LogP contribution in [-0.2, 0) is 49.7 Å². The number of phosphoric ester groups is 1. The molecular formula is C23H27FN8O12P2S. The number of phosphoric acid groups is 1. The number of aliphatic hydroxyl groups excluding tert-OH is 2. The van der Waals surface area contributed by atoms with Gasteiger partial charge in [-0.25, -0.2) is 28.9 Å². The van der Waals surface area contributed by atoms with Crippen molar-refractivity contribution >= 4 is 54.4 Å². The van der Waals surface area contributed by atoms with Crippen molar-refractivity contribution in [1.82, 2.24) is 34.1 Å². The maximum absolute atomic E-state index is 15.0. The quantitative estimate of drug-likeness (QED) is 0.146. The molecule has 24 heteroatoms. The average Bonchev–Trinajstić information content (AvgIpc) is 3.75. The smallest absolute Gasteiger partial charge is 0.386 e. The molecule has 0 amide bonds. The number of H-pyrrole nitrogens is 1. The first kappa shape index (κ1) is 32.7. The summed E-state index contributed by atoms with van der Waals surface area (Å²) in [6, 6.07) is 0. The number of fused-ring (bicyclic) bond motifs is 5. The number of aromatic nitrogens is 7. The van der Waals surface area contributed by atoms with Gasteiger partial charge >= 0.3 is 14.5 Å². The number of rotatable bonds is 3. The highest BCUT2D eigenvalue weighted by Gasteiger charge is 2.61. The molecule has 0 saturated carbocycles. The van der Waals surface area contributed by atoms with E-state index in [0.717, 1.165) is 17.1 Å². The van der Waals surface area contributed by atoms with Crippen LogP contribution in [0.5, 0.6) is 0 Å². The third-order valence-electron chi connectivity index (χ3n) is 8.40. The number of anilines is 1.